The summed E-state index contributed by atoms with van der Waals surface area (Å²) in [6, 6.07) is 0. The van der Waals surface area contributed by atoms with Gasteiger partial charge < -0.3 is 10.2 Å². The molecule has 1 heterocycles. The fourth-order valence-electron chi connectivity index (χ4n) is 0.942. The van der Waals surface area contributed by atoms with Gasteiger partial charge in [-0.3, -0.25) is 0 Å². The summed E-state index contributed by atoms with van der Waals surface area (Å²) in [5, 5.41) is 6.93. The number of nitrogens with one attached hydrogen (secondary N) is 1. The summed E-state index contributed by atoms with van der Waals surface area (Å²) >= 11 is 0. The lowest BCUT2D eigenvalue weighted by atomic mass is 10.2. The molecule has 0 saturated carbocycles. The molecule has 1 aliphatic heterocycles. The molecule has 0 aromatic rings. The van der Waals surface area contributed by atoms with Crippen LogP contribution in [-0.4, -0.2) is 25.9 Å². The molecule has 0 aliphatic carbocycles. The van der Waals surface area contributed by atoms with Crippen LogP contribution in [0.5, 0.6) is 0 Å². The minimum absolute atomic E-state index is 0.233. The van der Waals surface area contributed by atoms with Crippen LogP contribution in [0.15, 0.2) is 16.8 Å². The number of rotatable bonds is 3. The van der Waals surface area contributed by atoms with Gasteiger partial charge in [0.05, 0.1) is 6.21 Å². The average molecular weight is 164 g/mol. The highest BCUT2D eigenvalue weighted by molar-refractivity contribution is 5.78. The first-order valence-electron chi connectivity index (χ1n) is 3.92. The highest BCUT2D eigenvalue weighted by Crippen LogP contribution is 1.97. The summed E-state index contributed by atoms with van der Waals surface area (Å²) in [6.45, 7) is 2.14. The Morgan fingerprint density at radius 1 is 1.83 bits per heavy atom. The van der Waals surface area contributed by atoms with Gasteiger partial charge in [-0.25, -0.2) is 0 Å². The fraction of sp³-hybridized carbons (Fsp3) is 0.444. The van der Waals surface area contributed by atoms with E-state index in [1.165, 1.54) is 0 Å². The minimum atomic E-state index is 0.233. The van der Waals surface area contributed by atoms with Gasteiger partial charge in [-0.15, -0.1) is 6.42 Å². The lowest BCUT2D eigenvalue weighted by Crippen LogP contribution is -2.22. The molecule has 0 bridgehead atoms. The molecule has 0 amide bonds. The van der Waals surface area contributed by atoms with Gasteiger partial charge in [0.25, 0.3) is 0 Å². The van der Waals surface area contributed by atoms with Gasteiger partial charge in [0.2, 0.25) is 0 Å². The van der Waals surface area contributed by atoms with Crippen molar-refractivity contribution >= 4 is 6.21 Å². The summed E-state index contributed by atoms with van der Waals surface area (Å²) < 4.78 is 0. The standard InChI is InChI=1S/C9H12N2O/c1-2-6-12-11-8-9-4-3-5-10-7-9/h1,4,8,10H,3,5-7H2/b11-8+. The molecule has 1 N–H and O–H groups in total. The highest BCUT2D eigenvalue weighted by Gasteiger charge is 1.98. The Bertz CT molecular complexity index is 225. The Labute approximate surface area is 72.5 Å². The zero-order valence-corrected chi connectivity index (χ0v) is 6.92. The normalized spacial score (nSPS) is 17.1. The van der Waals surface area contributed by atoms with Gasteiger partial charge in [0.1, 0.15) is 0 Å². The van der Waals surface area contributed by atoms with E-state index in [0.717, 1.165) is 25.1 Å². The Morgan fingerprint density at radius 2 is 2.75 bits per heavy atom. The van der Waals surface area contributed by atoms with Crippen molar-refractivity contribution in [2.75, 3.05) is 19.7 Å². The van der Waals surface area contributed by atoms with Crippen molar-refractivity contribution in [1.29, 1.82) is 0 Å². The van der Waals surface area contributed by atoms with Crippen LogP contribution < -0.4 is 5.32 Å². The second kappa shape index (κ2) is 5.39. The first-order chi connectivity index (χ1) is 5.93. The van der Waals surface area contributed by atoms with E-state index in [1.54, 1.807) is 6.21 Å². The van der Waals surface area contributed by atoms with E-state index in [9.17, 15) is 0 Å². The molecule has 0 saturated heterocycles. The van der Waals surface area contributed by atoms with E-state index in [2.05, 4.69) is 22.5 Å². The smallest absolute Gasteiger partial charge is 0.177 e. The SMILES string of the molecule is C#CCO/N=C/C1=CCCNC1. The molecule has 64 valence electrons. The van der Waals surface area contributed by atoms with Crippen molar-refractivity contribution in [2.24, 2.45) is 5.16 Å². The van der Waals surface area contributed by atoms with Gasteiger partial charge in [-0.1, -0.05) is 17.2 Å². The number of oxime groups is 1. The maximum Gasteiger partial charge on any atom is 0.177 e. The second-order valence-electron chi connectivity index (χ2n) is 2.46. The van der Waals surface area contributed by atoms with Crippen molar-refractivity contribution in [1.82, 2.24) is 5.32 Å². The maximum atomic E-state index is 4.97. The molecule has 3 nitrogen and oxygen atoms in total. The number of nitrogens with zero attached hydrogens (tertiary/aromatic N) is 1. The molecule has 12 heavy (non-hydrogen) atoms. The maximum absolute atomic E-state index is 4.97. The third-order valence-electron chi connectivity index (χ3n) is 1.50. The Hall–Kier alpha value is -1.27. The molecular weight excluding hydrogens is 152 g/mol. The van der Waals surface area contributed by atoms with E-state index in [4.69, 9.17) is 11.3 Å². The van der Waals surface area contributed by atoms with E-state index in [1.807, 2.05) is 0 Å². The van der Waals surface area contributed by atoms with Crippen molar-refractivity contribution in [2.45, 2.75) is 6.42 Å². The monoisotopic (exact) mass is 164 g/mol. The van der Waals surface area contributed by atoms with Crippen molar-refractivity contribution in [3.05, 3.63) is 11.6 Å². The van der Waals surface area contributed by atoms with E-state index < -0.39 is 0 Å². The van der Waals surface area contributed by atoms with Crippen LogP contribution in [0.4, 0.5) is 0 Å². The molecule has 1 rings (SSSR count). The van der Waals surface area contributed by atoms with E-state index in [0.29, 0.717) is 0 Å². The van der Waals surface area contributed by atoms with Crippen LogP contribution in [0.25, 0.3) is 0 Å². The zero-order chi connectivity index (χ0) is 8.65. The van der Waals surface area contributed by atoms with Crippen molar-refractivity contribution in [3.8, 4) is 12.3 Å². The first-order valence-corrected chi connectivity index (χ1v) is 3.92. The number of terminal acetylenes is 1. The summed E-state index contributed by atoms with van der Waals surface area (Å²) in [5.41, 5.74) is 1.15. The Balaban J connectivity index is 2.25. The quantitative estimate of drug-likeness (QED) is 0.286. The predicted octanol–water partition coefficient (Wildman–Crippen LogP) is 0.542. The lowest BCUT2D eigenvalue weighted by molar-refractivity contribution is 0.181. The molecule has 3 heteroatoms. The average Bonchev–Trinajstić information content (AvgIpc) is 2.14. The largest absolute Gasteiger partial charge is 0.383 e. The molecule has 0 radical (unpaired) electrons. The fourth-order valence-corrected chi connectivity index (χ4v) is 0.942. The Morgan fingerprint density at radius 3 is 3.42 bits per heavy atom. The van der Waals surface area contributed by atoms with Crippen LogP contribution >= 0.6 is 0 Å². The van der Waals surface area contributed by atoms with Crippen LogP contribution in [0.1, 0.15) is 6.42 Å². The number of hydrogen-bond acceptors (Lipinski definition) is 3. The van der Waals surface area contributed by atoms with Crippen LogP contribution in [-0.2, 0) is 4.84 Å². The van der Waals surface area contributed by atoms with Gasteiger partial charge in [-0.05, 0) is 18.5 Å². The van der Waals surface area contributed by atoms with Gasteiger partial charge in [-0.2, -0.15) is 0 Å². The van der Waals surface area contributed by atoms with E-state index in [-0.39, 0.29) is 6.61 Å². The summed E-state index contributed by atoms with van der Waals surface area (Å²) in [7, 11) is 0. The third kappa shape index (κ3) is 3.22. The number of hydrogen-bond donors (Lipinski definition) is 1. The minimum Gasteiger partial charge on any atom is -0.383 e. The molecular formula is C9H12N2O. The molecule has 0 atom stereocenters. The molecule has 0 unspecified atom stereocenters. The third-order valence-corrected chi connectivity index (χ3v) is 1.50. The first kappa shape index (κ1) is 8.82. The van der Waals surface area contributed by atoms with Gasteiger partial charge in [0, 0.05) is 6.54 Å². The predicted molar refractivity (Wildman–Crippen MR) is 48.8 cm³/mol. The van der Waals surface area contributed by atoms with Gasteiger partial charge in [0.15, 0.2) is 6.61 Å². The summed E-state index contributed by atoms with van der Waals surface area (Å²) in [5.74, 6) is 2.33. The van der Waals surface area contributed by atoms with Crippen LogP contribution in [0.3, 0.4) is 0 Å². The van der Waals surface area contributed by atoms with Crippen LogP contribution in [0.2, 0.25) is 0 Å². The zero-order valence-electron chi connectivity index (χ0n) is 6.92. The van der Waals surface area contributed by atoms with Crippen molar-refractivity contribution in [3.63, 3.8) is 0 Å². The molecule has 0 spiro atoms. The van der Waals surface area contributed by atoms with Crippen LogP contribution in [0, 0.1) is 12.3 Å². The van der Waals surface area contributed by atoms with Gasteiger partial charge >= 0.3 is 0 Å². The lowest BCUT2D eigenvalue weighted by Gasteiger charge is -2.09. The van der Waals surface area contributed by atoms with Crippen molar-refractivity contribution < 1.29 is 4.84 Å². The molecule has 0 fully saturated rings. The summed E-state index contributed by atoms with van der Waals surface area (Å²) in [4.78, 5) is 4.75. The molecule has 1 aliphatic rings. The molecule has 0 aromatic heterocycles. The Kier molecular flexibility index (Phi) is 3.96. The topological polar surface area (TPSA) is 33.6 Å². The van der Waals surface area contributed by atoms with E-state index >= 15 is 0 Å². The highest BCUT2D eigenvalue weighted by atomic mass is 16.6. The summed E-state index contributed by atoms with van der Waals surface area (Å²) in [6.07, 6.45) is 9.86. The molecule has 0 aromatic carbocycles. The second-order valence-corrected chi connectivity index (χ2v) is 2.46.